The maximum atomic E-state index is 13.5. The van der Waals surface area contributed by atoms with Gasteiger partial charge in [0.25, 0.3) is 11.8 Å². The highest BCUT2D eigenvalue weighted by Gasteiger charge is 2.24. The summed E-state index contributed by atoms with van der Waals surface area (Å²) in [5.74, 6) is -1.33. The zero-order chi connectivity index (χ0) is 26.5. The Balaban J connectivity index is 1.35. The van der Waals surface area contributed by atoms with Crippen LogP contribution in [0.3, 0.4) is 0 Å². The standard InChI is InChI=1S/C32H26N2O4/c35-30(36)21-24-11-8-20-34(29-15-7-6-13-27(24)29)32(38)23-16-18-25(19-17-23)33-31(37)28-14-5-4-12-26(28)22-9-2-1-3-10-22/h1-7,9-19H,8,20-21H2,(H,33,37)(H,35,36). The van der Waals surface area contributed by atoms with E-state index in [0.29, 0.717) is 41.0 Å². The molecule has 0 aromatic heterocycles. The van der Waals surface area contributed by atoms with Crippen molar-refractivity contribution in [3.8, 4) is 11.1 Å². The number of fused-ring (bicyclic) bond motifs is 1. The Hall–Kier alpha value is -4.97. The van der Waals surface area contributed by atoms with E-state index >= 15 is 0 Å². The highest BCUT2D eigenvalue weighted by Crippen LogP contribution is 2.33. The third-order valence-corrected chi connectivity index (χ3v) is 6.52. The normalized spacial score (nSPS) is 12.6. The number of nitrogens with one attached hydrogen (secondary N) is 1. The van der Waals surface area contributed by atoms with Gasteiger partial charge in [0.05, 0.1) is 12.1 Å². The molecule has 0 bridgehead atoms. The molecule has 0 atom stereocenters. The summed E-state index contributed by atoms with van der Waals surface area (Å²) in [6.07, 6.45) is 2.35. The molecule has 1 heterocycles. The lowest BCUT2D eigenvalue weighted by atomic mass is 9.99. The van der Waals surface area contributed by atoms with E-state index in [0.717, 1.165) is 16.7 Å². The number of rotatable bonds is 6. The van der Waals surface area contributed by atoms with E-state index in [1.54, 1.807) is 35.2 Å². The highest BCUT2D eigenvalue weighted by molar-refractivity contribution is 6.10. The number of aliphatic carboxylic acids is 1. The Morgan fingerprint density at radius 1 is 0.763 bits per heavy atom. The SMILES string of the molecule is O=C(O)CC1=CCCN(C(=O)c2ccc(NC(=O)c3ccccc3-c3ccccc3)cc2)c2ccccc21. The number of anilines is 2. The number of carbonyl (C=O) groups is 3. The van der Waals surface area contributed by atoms with E-state index in [4.69, 9.17) is 0 Å². The highest BCUT2D eigenvalue weighted by atomic mass is 16.4. The van der Waals surface area contributed by atoms with Crippen LogP contribution in [0.25, 0.3) is 16.7 Å². The van der Waals surface area contributed by atoms with Gasteiger partial charge in [0, 0.05) is 28.9 Å². The fourth-order valence-corrected chi connectivity index (χ4v) is 4.72. The molecule has 188 valence electrons. The molecule has 6 heteroatoms. The lowest BCUT2D eigenvalue weighted by Gasteiger charge is -2.23. The van der Waals surface area contributed by atoms with Crippen molar-refractivity contribution in [3.63, 3.8) is 0 Å². The molecule has 2 N–H and O–H groups in total. The molecule has 0 radical (unpaired) electrons. The van der Waals surface area contributed by atoms with Crippen molar-refractivity contribution in [2.45, 2.75) is 12.8 Å². The summed E-state index contributed by atoms with van der Waals surface area (Å²) in [4.78, 5) is 39.7. The quantitative estimate of drug-likeness (QED) is 0.314. The van der Waals surface area contributed by atoms with Gasteiger partial charge in [0.15, 0.2) is 0 Å². The lowest BCUT2D eigenvalue weighted by molar-refractivity contribution is -0.135. The summed E-state index contributed by atoms with van der Waals surface area (Å²) in [5.41, 5.74) is 5.56. The number of amides is 2. The van der Waals surface area contributed by atoms with Gasteiger partial charge in [-0.05, 0) is 59.5 Å². The van der Waals surface area contributed by atoms with Crippen LogP contribution < -0.4 is 10.2 Å². The summed E-state index contributed by atoms with van der Waals surface area (Å²) in [6, 6.07) is 31.4. The van der Waals surface area contributed by atoms with Crippen molar-refractivity contribution >= 4 is 34.7 Å². The van der Waals surface area contributed by atoms with Crippen molar-refractivity contribution in [1.82, 2.24) is 0 Å². The first-order valence-corrected chi connectivity index (χ1v) is 12.4. The van der Waals surface area contributed by atoms with Gasteiger partial charge >= 0.3 is 5.97 Å². The Morgan fingerprint density at radius 2 is 1.42 bits per heavy atom. The fraction of sp³-hybridized carbons (Fsp3) is 0.0938. The van der Waals surface area contributed by atoms with Crippen LogP contribution in [0.1, 0.15) is 39.1 Å². The second-order valence-corrected chi connectivity index (χ2v) is 9.01. The molecule has 0 spiro atoms. The van der Waals surface area contributed by atoms with E-state index in [9.17, 15) is 19.5 Å². The number of carboxylic acid groups (broad SMARTS) is 1. The first kappa shape index (κ1) is 24.7. The molecular weight excluding hydrogens is 476 g/mol. The third-order valence-electron chi connectivity index (χ3n) is 6.52. The topological polar surface area (TPSA) is 86.7 Å². The molecule has 0 unspecified atom stereocenters. The van der Waals surface area contributed by atoms with E-state index in [2.05, 4.69) is 5.32 Å². The maximum absolute atomic E-state index is 13.5. The molecule has 1 aliphatic rings. The van der Waals surface area contributed by atoms with Crippen molar-refractivity contribution < 1.29 is 19.5 Å². The number of carbonyl (C=O) groups excluding carboxylic acids is 2. The number of carboxylic acids is 1. The molecule has 1 aliphatic heterocycles. The molecule has 0 saturated heterocycles. The number of hydrogen-bond donors (Lipinski definition) is 2. The van der Waals surface area contributed by atoms with Gasteiger partial charge in [0.2, 0.25) is 0 Å². The number of nitrogens with zero attached hydrogens (tertiary/aromatic N) is 1. The minimum absolute atomic E-state index is 0.0964. The fourth-order valence-electron chi connectivity index (χ4n) is 4.72. The predicted molar refractivity (Wildman–Crippen MR) is 149 cm³/mol. The van der Waals surface area contributed by atoms with Crippen LogP contribution in [0.15, 0.2) is 109 Å². The monoisotopic (exact) mass is 502 g/mol. The summed E-state index contributed by atoms with van der Waals surface area (Å²) >= 11 is 0. The summed E-state index contributed by atoms with van der Waals surface area (Å²) in [5, 5.41) is 12.3. The maximum Gasteiger partial charge on any atom is 0.307 e. The molecule has 5 rings (SSSR count). The van der Waals surface area contributed by atoms with Gasteiger partial charge in [-0.3, -0.25) is 14.4 Å². The second-order valence-electron chi connectivity index (χ2n) is 9.01. The van der Waals surface area contributed by atoms with E-state index in [-0.39, 0.29) is 18.2 Å². The van der Waals surface area contributed by atoms with Gasteiger partial charge < -0.3 is 15.3 Å². The zero-order valence-corrected chi connectivity index (χ0v) is 20.6. The first-order valence-electron chi connectivity index (χ1n) is 12.4. The van der Waals surface area contributed by atoms with Gasteiger partial charge in [-0.25, -0.2) is 0 Å². The van der Waals surface area contributed by atoms with Crippen molar-refractivity contribution in [2.75, 3.05) is 16.8 Å². The average molecular weight is 503 g/mol. The van der Waals surface area contributed by atoms with E-state index in [1.165, 1.54) is 0 Å². The molecule has 4 aromatic rings. The molecule has 0 saturated carbocycles. The van der Waals surface area contributed by atoms with Gasteiger partial charge in [-0.2, -0.15) is 0 Å². The molecule has 0 aliphatic carbocycles. The third kappa shape index (κ3) is 5.25. The second kappa shape index (κ2) is 11.0. The summed E-state index contributed by atoms with van der Waals surface area (Å²) in [7, 11) is 0. The van der Waals surface area contributed by atoms with Gasteiger partial charge in [-0.15, -0.1) is 0 Å². The van der Waals surface area contributed by atoms with Crippen LogP contribution in [0.2, 0.25) is 0 Å². The van der Waals surface area contributed by atoms with Crippen LogP contribution in [-0.2, 0) is 4.79 Å². The minimum Gasteiger partial charge on any atom is -0.481 e. The molecule has 0 fully saturated rings. The molecule has 4 aromatic carbocycles. The Bertz CT molecular complexity index is 1520. The number of para-hydroxylation sites is 1. The number of benzene rings is 4. The van der Waals surface area contributed by atoms with Crippen molar-refractivity contribution in [2.24, 2.45) is 0 Å². The van der Waals surface area contributed by atoms with Crippen LogP contribution >= 0.6 is 0 Å². The smallest absolute Gasteiger partial charge is 0.307 e. The van der Waals surface area contributed by atoms with Crippen LogP contribution in [0.5, 0.6) is 0 Å². The number of hydrogen-bond acceptors (Lipinski definition) is 3. The summed E-state index contributed by atoms with van der Waals surface area (Å²) < 4.78 is 0. The van der Waals surface area contributed by atoms with Crippen molar-refractivity contribution in [3.05, 3.63) is 126 Å². The van der Waals surface area contributed by atoms with Gasteiger partial charge in [0.1, 0.15) is 0 Å². The molecule has 38 heavy (non-hydrogen) atoms. The van der Waals surface area contributed by atoms with Crippen LogP contribution in [0, 0.1) is 0 Å². The Kier molecular flexibility index (Phi) is 7.13. The lowest BCUT2D eigenvalue weighted by Crippen LogP contribution is -2.31. The van der Waals surface area contributed by atoms with E-state index in [1.807, 2.05) is 78.9 Å². The van der Waals surface area contributed by atoms with E-state index < -0.39 is 5.97 Å². The Morgan fingerprint density at radius 3 is 2.16 bits per heavy atom. The molecule has 2 amide bonds. The first-order chi connectivity index (χ1) is 18.5. The molecular formula is C32H26N2O4. The van der Waals surface area contributed by atoms with Gasteiger partial charge in [-0.1, -0.05) is 72.8 Å². The largest absolute Gasteiger partial charge is 0.481 e. The van der Waals surface area contributed by atoms with Crippen molar-refractivity contribution in [1.29, 1.82) is 0 Å². The van der Waals surface area contributed by atoms with Crippen LogP contribution in [-0.4, -0.2) is 29.4 Å². The predicted octanol–water partition coefficient (Wildman–Crippen LogP) is 6.51. The zero-order valence-electron chi connectivity index (χ0n) is 20.6. The Labute approximate surface area is 220 Å². The molecule has 6 nitrogen and oxygen atoms in total. The van der Waals surface area contributed by atoms with Crippen LogP contribution in [0.4, 0.5) is 11.4 Å². The minimum atomic E-state index is -0.908. The average Bonchev–Trinajstić information content (AvgIpc) is 3.13. The summed E-state index contributed by atoms with van der Waals surface area (Å²) in [6.45, 7) is 0.438.